The number of aromatic hydroxyl groups is 1. The number of hydrogen-bond acceptors (Lipinski definition) is 11. The van der Waals surface area contributed by atoms with E-state index in [0.29, 0.717) is 11.6 Å². The number of hydrogen-bond donors (Lipinski definition) is 5. The van der Waals surface area contributed by atoms with Crippen molar-refractivity contribution in [1.82, 2.24) is 0 Å². The first-order valence-corrected chi connectivity index (χ1v) is 12.4. The van der Waals surface area contributed by atoms with Gasteiger partial charge in [0.05, 0.1) is 28.0 Å². The fourth-order valence-corrected chi connectivity index (χ4v) is 3.86. The van der Waals surface area contributed by atoms with E-state index in [4.69, 9.17) is 14.8 Å². The van der Waals surface area contributed by atoms with E-state index in [1.165, 1.54) is 0 Å². The third-order valence-corrected chi connectivity index (χ3v) is 6.23. The Balaban J connectivity index is 0. The van der Waals surface area contributed by atoms with Crippen LogP contribution in [0.2, 0.25) is 0 Å². The molecule has 0 spiro atoms. The van der Waals surface area contributed by atoms with Crippen LogP contribution in [-0.2, 0) is 37.3 Å². The van der Waals surface area contributed by atoms with Crippen LogP contribution < -0.4 is 94.4 Å². The summed E-state index contributed by atoms with van der Waals surface area (Å²) >= 11 is 0. The van der Waals surface area contributed by atoms with E-state index in [0.717, 1.165) is 24.3 Å². The van der Waals surface area contributed by atoms with E-state index < -0.39 is 53.0 Å². The van der Waals surface area contributed by atoms with Crippen molar-refractivity contribution in [2.75, 3.05) is 5.73 Å². The van der Waals surface area contributed by atoms with Gasteiger partial charge in [0.25, 0.3) is 20.2 Å². The topological polar surface area (TPSA) is 242 Å². The van der Waals surface area contributed by atoms with Crippen molar-refractivity contribution in [2.45, 2.75) is 9.79 Å². The van der Waals surface area contributed by atoms with Crippen molar-refractivity contribution in [3.05, 3.63) is 78.0 Å². The molecule has 3 aromatic rings. The molecule has 0 aromatic heterocycles. The number of azo groups is 2. The number of nitrogens with zero attached hydrogens (tertiary/aromatic N) is 4. The minimum absolute atomic E-state index is 0. The van der Waals surface area contributed by atoms with Crippen LogP contribution in [0.3, 0.4) is 0 Å². The number of carbonyl (C=O) groups is 1. The van der Waals surface area contributed by atoms with Crippen LogP contribution >= 0.6 is 0 Å². The Morgan fingerprint density at radius 1 is 0.800 bits per heavy atom. The average Bonchev–Trinajstić information content (AvgIpc) is 2.80. The number of benzene rings is 3. The second kappa shape index (κ2) is 17.3. The molecule has 0 aliphatic carbocycles. The average molecular weight is 667 g/mol. The largest absolute Gasteiger partial charge is 1.00 e. The molecule has 0 fully saturated rings. The maximum atomic E-state index is 11.6. The molecule has 0 saturated heterocycles. The second-order valence-corrected chi connectivity index (χ2v) is 9.68. The van der Waals surface area contributed by atoms with Gasteiger partial charge in [0.15, 0.2) is 5.75 Å². The molecule has 3 rings (SSSR count). The van der Waals surface area contributed by atoms with Gasteiger partial charge in [0.2, 0.25) is 0 Å². The van der Waals surface area contributed by atoms with E-state index in [1.807, 2.05) is 0 Å². The van der Waals surface area contributed by atoms with Crippen LogP contribution in [0.4, 0.5) is 17.1 Å². The third kappa shape index (κ3) is 10.8. The third-order valence-electron chi connectivity index (χ3n) is 4.47. The number of nitrogen functional groups attached to an aromatic ring is 1. The summed E-state index contributed by atoms with van der Waals surface area (Å²) in [6, 6.07) is 12.6. The standard InChI is InChI=1S/C20H16N5O9S2.Cu.3Na/c21-17-16(36(32,33)34)9-8-15(18(17)26)23-25-19(11-4-2-1-3-5-11)24-22-14-7-6-12(35(29,30)31)10-13(14)20(27)28;;;;/h1-10,26H,21H2,(H,27,28)(H,29,30,31)(H,32,33,34);;;;/q-1;;3*+1. The molecule has 0 heterocycles. The molecule has 0 amide bonds. The summed E-state index contributed by atoms with van der Waals surface area (Å²) in [6.07, 6.45) is -0.192. The van der Waals surface area contributed by atoms with Gasteiger partial charge in [-0.15, -0.1) is 17.7 Å². The molecule has 1 radical (unpaired) electrons. The number of phenols is 1. The molecule has 20 heteroatoms. The number of aromatic carboxylic acids is 1. The maximum Gasteiger partial charge on any atom is 1.00 e. The molecule has 199 valence electrons. The van der Waals surface area contributed by atoms with Gasteiger partial charge in [0.1, 0.15) is 10.6 Å². The Hall–Kier alpha value is -0.861. The molecule has 6 N–H and O–H groups in total. The van der Waals surface area contributed by atoms with E-state index >= 15 is 0 Å². The number of anilines is 1. The molecule has 0 unspecified atom stereocenters. The van der Waals surface area contributed by atoms with Gasteiger partial charge in [-0.05, 0) is 30.3 Å². The van der Waals surface area contributed by atoms with Gasteiger partial charge in [-0.25, -0.2) is 4.79 Å². The Morgan fingerprint density at radius 3 is 1.82 bits per heavy atom. The first kappa shape index (κ1) is 41.3. The molecular weight excluding hydrogens is 651 g/mol. The van der Waals surface area contributed by atoms with Crippen LogP contribution in [0, 0.1) is 6.17 Å². The van der Waals surface area contributed by atoms with Crippen molar-refractivity contribution in [3.8, 4) is 5.75 Å². The Bertz CT molecular complexity index is 1610. The van der Waals surface area contributed by atoms with Crippen molar-refractivity contribution in [2.24, 2.45) is 20.5 Å². The fourth-order valence-electron chi connectivity index (χ4n) is 2.74. The molecule has 0 bridgehead atoms. The maximum absolute atomic E-state index is 11.6. The van der Waals surface area contributed by atoms with Gasteiger partial charge in [-0.3, -0.25) is 9.11 Å². The summed E-state index contributed by atoms with van der Waals surface area (Å²) in [6.45, 7) is 0. The second-order valence-electron chi connectivity index (χ2n) is 6.87. The van der Waals surface area contributed by atoms with E-state index in [2.05, 4.69) is 20.5 Å². The number of rotatable bonds is 8. The van der Waals surface area contributed by atoms with E-state index in [9.17, 15) is 31.8 Å². The fraction of sp³-hybridized carbons (Fsp3) is 0. The summed E-state index contributed by atoms with van der Waals surface area (Å²) in [7, 11) is -9.38. The molecule has 3 aromatic carbocycles. The number of nitrogens with two attached hydrogens (primary N) is 1. The zero-order chi connectivity index (χ0) is 26.7. The molecule has 0 atom stereocenters. The van der Waals surface area contributed by atoms with Gasteiger partial charge < -0.3 is 15.9 Å². The Kier molecular flexibility index (Phi) is 17.9. The predicted octanol–water partition coefficient (Wildman–Crippen LogP) is -5.42. The summed E-state index contributed by atoms with van der Waals surface area (Å²) in [5.41, 5.74) is 4.10. The summed E-state index contributed by atoms with van der Waals surface area (Å²) in [5, 5.41) is 34.9. The van der Waals surface area contributed by atoms with Crippen LogP contribution in [0.5, 0.6) is 5.75 Å². The first-order valence-electron chi connectivity index (χ1n) is 9.48. The van der Waals surface area contributed by atoms with Crippen LogP contribution in [0.15, 0.2) is 90.9 Å². The van der Waals surface area contributed by atoms with Crippen molar-refractivity contribution in [3.63, 3.8) is 0 Å². The smallest absolute Gasteiger partial charge is 0.504 e. The molecule has 0 aliphatic heterocycles. The SMILES string of the molecule is Nc1c(S(=O)(=O)O)ccc(N=N[C-](N=Nc2ccc(S(=O)(=O)O)cc2C(=O)O)c2ccccc2)c1O.[Cu].[Na+].[Na+].[Na+]. The molecule has 40 heavy (non-hydrogen) atoms. The van der Waals surface area contributed by atoms with Gasteiger partial charge >= 0.3 is 94.6 Å². The predicted molar refractivity (Wildman–Crippen MR) is 123 cm³/mol. The van der Waals surface area contributed by atoms with Crippen LogP contribution in [0.25, 0.3) is 0 Å². The minimum Gasteiger partial charge on any atom is -0.504 e. The van der Waals surface area contributed by atoms with Crippen molar-refractivity contribution in [1.29, 1.82) is 0 Å². The van der Waals surface area contributed by atoms with Crippen molar-refractivity contribution >= 4 is 43.3 Å². The van der Waals surface area contributed by atoms with Gasteiger partial charge in [-0.2, -0.15) is 49.4 Å². The number of carboxylic acid groups (broad SMARTS) is 1. The first-order chi connectivity index (χ1) is 16.8. The van der Waals surface area contributed by atoms with Crippen LogP contribution in [0.1, 0.15) is 15.9 Å². The Labute approximate surface area is 305 Å². The molecule has 0 saturated carbocycles. The molecule has 14 nitrogen and oxygen atoms in total. The van der Waals surface area contributed by atoms with Gasteiger partial charge in [0, 0.05) is 17.1 Å². The molecular formula is C20H16CuN5Na3O9S2+2. The van der Waals surface area contributed by atoms with Gasteiger partial charge in [-0.1, -0.05) is 6.07 Å². The quantitative estimate of drug-likeness (QED) is 0.0382. The summed E-state index contributed by atoms with van der Waals surface area (Å²) < 4.78 is 63.6. The monoisotopic (exact) mass is 666 g/mol. The summed E-state index contributed by atoms with van der Waals surface area (Å²) in [5.74, 6) is -2.33. The van der Waals surface area contributed by atoms with E-state index in [-0.39, 0.29) is 123 Å². The number of carboxylic acids is 1. The zero-order valence-corrected chi connectivity index (χ0v) is 29.7. The normalized spacial score (nSPS) is 11.1. The van der Waals surface area contributed by atoms with E-state index in [1.54, 1.807) is 30.3 Å². The summed E-state index contributed by atoms with van der Waals surface area (Å²) in [4.78, 5) is 10.2. The van der Waals surface area contributed by atoms with Crippen LogP contribution in [-0.4, -0.2) is 42.1 Å². The van der Waals surface area contributed by atoms with Crippen molar-refractivity contribution < 1.29 is 147 Å². The minimum atomic E-state index is -4.71. The number of phenolic OH excluding ortho intramolecular Hbond substituents is 1. The molecule has 0 aliphatic rings. The zero-order valence-electron chi connectivity index (χ0n) is 21.1. The Morgan fingerprint density at radius 2 is 1.32 bits per heavy atom.